The molecule has 2 unspecified atom stereocenters. The molecule has 0 amide bonds. The molecule has 0 radical (unpaired) electrons. The van der Waals surface area contributed by atoms with E-state index >= 15 is 0 Å². The average Bonchev–Trinajstić information content (AvgIpc) is 2.49. The van der Waals surface area contributed by atoms with Crippen LogP contribution >= 0.6 is 0 Å². The predicted octanol–water partition coefficient (Wildman–Crippen LogP) is 4.93. The molecule has 2 atom stereocenters. The van der Waals surface area contributed by atoms with E-state index in [4.69, 9.17) is 0 Å². The van der Waals surface area contributed by atoms with Gasteiger partial charge in [-0.1, -0.05) is 43.9 Å². The van der Waals surface area contributed by atoms with Crippen LogP contribution in [0.25, 0.3) is 0 Å². The maximum atomic E-state index is 2.53. The van der Waals surface area contributed by atoms with Crippen molar-refractivity contribution < 1.29 is 4.48 Å². The van der Waals surface area contributed by atoms with E-state index in [1.807, 2.05) is 0 Å². The molecule has 0 aromatic heterocycles. The largest absolute Gasteiger partial charge is 0.323 e. The first-order valence-electron chi connectivity index (χ1n) is 8.22. The van der Waals surface area contributed by atoms with Crippen molar-refractivity contribution in [1.82, 2.24) is 0 Å². The van der Waals surface area contributed by atoms with Crippen LogP contribution in [0.1, 0.15) is 42.9 Å². The monoisotopic (exact) mass is 290 g/mol. The number of quaternary nitrogens is 1. The van der Waals surface area contributed by atoms with Crippen molar-refractivity contribution in [1.29, 1.82) is 0 Å². The maximum Gasteiger partial charge on any atom is 0.114 e. The smallest absolute Gasteiger partial charge is 0.114 e. The Bertz CT molecular complexity index is 449. The van der Waals surface area contributed by atoms with Gasteiger partial charge < -0.3 is 4.48 Å². The minimum Gasteiger partial charge on any atom is -0.323 e. The van der Waals surface area contributed by atoms with E-state index < -0.39 is 8.07 Å². The Labute approximate surface area is 126 Å². The third kappa shape index (κ3) is 3.73. The van der Waals surface area contributed by atoms with E-state index in [9.17, 15) is 0 Å². The lowest BCUT2D eigenvalue weighted by atomic mass is 9.95. The molecular weight excluding hydrogens is 258 g/mol. The molecule has 1 aromatic carbocycles. The van der Waals surface area contributed by atoms with Crippen LogP contribution < -0.4 is 0 Å². The van der Waals surface area contributed by atoms with Gasteiger partial charge in [-0.25, -0.2) is 0 Å². The van der Waals surface area contributed by atoms with Gasteiger partial charge in [0.2, 0.25) is 0 Å². The summed E-state index contributed by atoms with van der Waals surface area (Å²) < 4.78 is 1.28. The highest BCUT2D eigenvalue weighted by Gasteiger charge is 2.39. The summed E-state index contributed by atoms with van der Waals surface area (Å²) in [7, 11) is 1.47. The lowest BCUT2D eigenvalue weighted by molar-refractivity contribution is -0.930. The van der Waals surface area contributed by atoms with Crippen LogP contribution in [-0.2, 0) is 0 Å². The zero-order valence-electron chi connectivity index (χ0n) is 14.1. The van der Waals surface area contributed by atoms with Gasteiger partial charge in [0, 0.05) is 12.0 Å². The maximum absolute atomic E-state index is 2.53. The number of likely N-dealkylation sites (tertiary alicyclic amines) is 1. The molecule has 0 N–H and O–H groups in total. The van der Waals surface area contributed by atoms with Crippen LogP contribution in [0.5, 0.6) is 0 Å². The summed E-state index contributed by atoms with van der Waals surface area (Å²) in [4.78, 5) is 0. The van der Waals surface area contributed by atoms with Crippen molar-refractivity contribution in [2.45, 2.75) is 58.3 Å². The Hall–Kier alpha value is -0.603. The summed E-state index contributed by atoms with van der Waals surface area (Å²) in [5.41, 5.74) is 3.09. The van der Waals surface area contributed by atoms with Crippen molar-refractivity contribution >= 4 is 8.07 Å². The van der Waals surface area contributed by atoms with E-state index in [0.717, 1.165) is 0 Å². The standard InChI is InChI=1S/C18H32NSi/c1-16-11-8-9-12-17(16)18-13-7-6-10-14-19(18,2)15-20(3,4)5/h8-9,11-12,18H,6-7,10,13-15H2,1-5H3/q+1. The SMILES string of the molecule is Cc1ccccc1C1CCCCC[N+]1(C)C[Si](C)(C)C. The highest BCUT2D eigenvalue weighted by molar-refractivity contribution is 6.76. The lowest BCUT2D eigenvalue weighted by Gasteiger charge is -2.44. The third-order valence-corrected chi connectivity index (χ3v) is 6.45. The van der Waals surface area contributed by atoms with E-state index in [0.29, 0.717) is 6.04 Å². The van der Waals surface area contributed by atoms with Crippen molar-refractivity contribution in [2.75, 3.05) is 19.8 Å². The molecule has 1 aromatic rings. The highest BCUT2D eigenvalue weighted by Crippen LogP contribution is 2.37. The van der Waals surface area contributed by atoms with Crippen molar-refractivity contribution in [3.8, 4) is 0 Å². The quantitative estimate of drug-likeness (QED) is 0.547. The van der Waals surface area contributed by atoms with Gasteiger partial charge in [-0.2, -0.15) is 0 Å². The number of rotatable bonds is 3. The summed E-state index contributed by atoms with van der Waals surface area (Å²) >= 11 is 0. The molecule has 2 heteroatoms. The van der Waals surface area contributed by atoms with Gasteiger partial charge in [-0.3, -0.25) is 0 Å². The molecule has 0 saturated carbocycles. The lowest BCUT2D eigenvalue weighted by Crippen LogP contribution is -2.55. The van der Waals surface area contributed by atoms with Crippen LogP contribution in [0.15, 0.2) is 24.3 Å². The Kier molecular flexibility index (Phi) is 4.75. The molecule has 1 nitrogen and oxygen atoms in total. The molecule has 0 bridgehead atoms. The van der Waals surface area contributed by atoms with Gasteiger partial charge in [-0.05, 0) is 31.7 Å². The molecule has 1 heterocycles. The normalized spacial score (nSPS) is 28.1. The molecule has 112 valence electrons. The minimum atomic E-state index is -1.06. The van der Waals surface area contributed by atoms with Crippen LogP contribution in [0.4, 0.5) is 0 Å². The average molecular weight is 291 g/mol. The van der Waals surface area contributed by atoms with Crippen molar-refractivity contribution in [3.05, 3.63) is 35.4 Å². The molecule has 1 fully saturated rings. The second-order valence-electron chi connectivity index (χ2n) is 8.14. The Morgan fingerprint density at radius 1 is 1.10 bits per heavy atom. The molecule has 1 aliphatic heterocycles. The Morgan fingerprint density at radius 2 is 1.80 bits per heavy atom. The fraction of sp³-hybridized carbons (Fsp3) is 0.667. The fourth-order valence-corrected chi connectivity index (χ4v) is 6.73. The van der Waals surface area contributed by atoms with Crippen LogP contribution in [0, 0.1) is 6.92 Å². The molecule has 1 saturated heterocycles. The van der Waals surface area contributed by atoms with Gasteiger partial charge in [-0.15, -0.1) is 0 Å². The third-order valence-electron chi connectivity index (χ3n) is 4.78. The van der Waals surface area contributed by atoms with Crippen LogP contribution in [0.3, 0.4) is 0 Å². The molecule has 1 aliphatic rings. The zero-order chi connectivity index (χ0) is 14.8. The molecular formula is C18H32NSi+. The second-order valence-corrected chi connectivity index (χ2v) is 13.6. The summed E-state index contributed by atoms with van der Waals surface area (Å²) in [6, 6.07) is 9.79. The first-order valence-corrected chi connectivity index (χ1v) is 11.9. The predicted molar refractivity (Wildman–Crippen MR) is 91.7 cm³/mol. The van der Waals surface area contributed by atoms with Crippen molar-refractivity contribution in [3.63, 3.8) is 0 Å². The minimum absolute atomic E-state index is 0.713. The van der Waals surface area contributed by atoms with Gasteiger partial charge >= 0.3 is 0 Å². The summed E-state index contributed by atoms with van der Waals surface area (Å²) in [5, 5.41) is 0. The number of hydrogen-bond acceptors (Lipinski definition) is 0. The van der Waals surface area contributed by atoms with Gasteiger partial charge in [0.1, 0.15) is 14.1 Å². The highest BCUT2D eigenvalue weighted by atomic mass is 28.3. The van der Waals surface area contributed by atoms with Crippen LogP contribution in [0.2, 0.25) is 19.6 Å². The molecule has 0 aliphatic carbocycles. The van der Waals surface area contributed by atoms with Crippen molar-refractivity contribution in [2.24, 2.45) is 0 Å². The molecule has 20 heavy (non-hydrogen) atoms. The van der Waals surface area contributed by atoms with E-state index in [-0.39, 0.29) is 0 Å². The summed E-state index contributed by atoms with van der Waals surface area (Å²) in [5.74, 6) is 0. The molecule has 0 spiro atoms. The first kappa shape index (κ1) is 15.8. The number of benzene rings is 1. The van der Waals surface area contributed by atoms with Crippen LogP contribution in [-0.4, -0.2) is 32.3 Å². The fourth-order valence-electron chi connectivity index (χ4n) is 4.18. The topological polar surface area (TPSA) is 0 Å². The van der Waals surface area contributed by atoms with Gasteiger partial charge in [0.05, 0.1) is 19.8 Å². The Morgan fingerprint density at radius 3 is 2.45 bits per heavy atom. The van der Waals surface area contributed by atoms with E-state index in [2.05, 4.69) is 57.9 Å². The van der Waals surface area contributed by atoms with Gasteiger partial charge in [0.15, 0.2) is 0 Å². The number of hydrogen-bond donors (Lipinski definition) is 0. The Balaban J connectivity index is 2.37. The summed E-state index contributed by atoms with van der Waals surface area (Å²) in [6.07, 6.45) is 7.00. The number of aryl methyl sites for hydroxylation is 1. The van der Waals surface area contributed by atoms with E-state index in [1.54, 1.807) is 5.56 Å². The zero-order valence-corrected chi connectivity index (χ0v) is 15.1. The second kappa shape index (κ2) is 6.03. The first-order chi connectivity index (χ1) is 9.32. The summed E-state index contributed by atoms with van der Waals surface area (Å²) in [6.45, 7) is 11.2. The molecule has 2 rings (SSSR count). The number of nitrogens with zero attached hydrogens (tertiary/aromatic N) is 1. The van der Waals surface area contributed by atoms with Gasteiger partial charge in [0.25, 0.3) is 0 Å². The van der Waals surface area contributed by atoms with E-state index in [1.165, 1.54) is 48.4 Å².